The molecule has 0 spiro atoms. The van der Waals surface area contributed by atoms with Gasteiger partial charge in [0.25, 0.3) is 0 Å². The molecule has 0 aliphatic heterocycles. The number of rotatable bonds is 3. The van der Waals surface area contributed by atoms with Crippen molar-refractivity contribution in [3.8, 4) is 0 Å². The largest absolute Gasteiger partial charge is 0.399 e. The molecule has 1 saturated carbocycles. The van der Waals surface area contributed by atoms with Gasteiger partial charge in [0.1, 0.15) is 0 Å². The van der Waals surface area contributed by atoms with Crippen molar-refractivity contribution in [1.29, 1.82) is 0 Å². The van der Waals surface area contributed by atoms with Crippen LogP contribution < -0.4 is 10.6 Å². The summed E-state index contributed by atoms with van der Waals surface area (Å²) in [7, 11) is 0. The first kappa shape index (κ1) is 13.8. The van der Waals surface area contributed by atoms with Gasteiger partial charge in [-0.25, -0.2) is 0 Å². The van der Waals surface area contributed by atoms with E-state index in [2.05, 4.69) is 11.8 Å². The van der Waals surface area contributed by atoms with Gasteiger partial charge in [0.2, 0.25) is 0 Å². The SMILES string of the molecule is CCN(c1c(Cl)cc(N)cc1Cl)C1CCCCC1. The summed E-state index contributed by atoms with van der Waals surface area (Å²) >= 11 is 12.6. The van der Waals surface area contributed by atoms with Gasteiger partial charge in [-0.05, 0) is 31.9 Å². The van der Waals surface area contributed by atoms with Crippen molar-refractivity contribution in [3.05, 3.63) is 22.2 Å². The maximum absolute atomic E-state index is 6.32. The molecule has 2 nitrogen and oxygen atoms in total. The van der Waals surface area contributed by atoms with Crippen LogP contribution in [0.25, 0.3) is 0 Å². The molecule has 1 aliphatic carbocycles. The van der Waals surface area contributed by atoms with Crippen molar-refractivity contribution in [2.45, 2.75) is 45.1 Å². The Morgan fingerprint density at radius 3 is 2.22 bits per heavy atom. The summed E-state index contributed by atoms with van der Waals surface area (Å²) in [5, 5.41) is 1.32. The lowest BCUT2D eigenvalue weighted by Gasteiger charge is -2.36. The monoisotopic (exact) mass is 286 g/mol. The Kier molecular flexibility index (Phi) is 4.63. The third-order valence-corrected chi connectivity index (χ3v) is 4.26. The summed E-state index contributed by atoms with van der Waals surface area (Å²) in [4.78, 5) is 2.34. The van der Waals surface area contributed by atoms with Gasteiger partial charge in [-0.15, -0.1) is 0 Å². The number of halogens is 2. The lowest BCUT2D eigenvalue weighted by molar-refractivity contribution is 0.418. The van der Waals surface area contributed by atoms with Crippen LogP contribution in [0.1, 0.15) is 39.0 Å². The van der Waals surface area contributed by atoms with E-state index < -0.39 is 0 Å². The Balaban J connectivity index is 2.32. The van der Waals surface area contributed by atoms with Crippen LogP contribution in [-0.2, 0) is 0 Å². The molecule has 18 heavy (non-hydrogen) atoms. The van der Waals surface area contributed by atoms with Crippen LogP contribution in [0.5, 0.6) is 0 Å². The molecule has 1 aromatic carbocycles. The van der Waals surface area contributed by atoms with E-state index in [1.807, 2.05) is 0 Å². The zero-order valence-corrected chi connectivity index (χ0v) is 12.3. The van der Waals surface area contributed by atoms with E-state index >= 15 is 0 Å². The lowest BCUT2D eigenvalue weighted by Crippen LogP contribution is -2.37. The van der Waals surface area contributed by atoms with Crippen molar-refractivity contribution in [2.75, 3.05) is 17.2 Å². The maximum Gasteiger partial charge on any atom is 0.0748 e. The van der Waals surface area contributed by atoms with E-state index in [-0.39, 0.29) is 0 Å². The van der Waals surface area contributed by atoms with Gasteiger partial charge in [-0.1, -0.05) is 42.5 Å². The predicted molar refractivity (Wildman–Crippen MR) is 80.8 cm³/mol. The molecule has 2 N–H and O–H groups in total. The number of anilines is 2. The Hall–Kier alpha value is -0.600. The van der Waals surface area contributed by atoms with Gasteiger partial charge in [-0.3, -0.25) is 0 Å². The number of hydrogen-bond acceptors (Lipinski definition) is 2. The number of benzene rings is 1. The Morgan fingerprint density at radius 2 is 1.72 bits per heavy atom. The first-order valence-electron chi connectivity index (χ1n) is 6.64. The zero-order valence-electron chi connectivity index (χ0n) is 10.8. The van der Waals surface area contributed by atoms with E-state index in [1.165, 1.54) is 32.1 Å². The molecule has 1 fully saturated rings. The minimum absolute atomic E-state index is 0.558. The second-order valence-corrected chi connectivity index (χ2v) is 5.73. The number of hydrogen-bond donors (Lipinski definition) is 1. The topological polar surface area (TPSA) is 29.3 Å². The minimum Gasteiger partial charge on any atom is -0.399 e. The number of nitrogens with zero attached hydrogens (tertiary/aromatic N) is 1. The molecule has 4 heteroatoms. The van der Waals surface area contributed by atoms with Crippen molar-refractivity contribution < 1.29 is 0 Å². The van der Waals surface area contributed by atoms with E-state index in [9.17, 15) is 0 Å². The number of nitrogens with two attached hydrogens (primary N) is 1. The fraction of sp³-hybridized carbons (Fsp3) is 0.571. The van der Waals surface area contributed by atoms with E-state index in [0.29, 0.717) is 21.8 Å². The summed E-state index contributed by atoms with van der Waals surface area (Å²) in [6.07, 6.45) is 6.39. The smallest absolute Gasteiger partial charge is 0.0748 e. The summed E-state index contributed by atoms with van der Waals surface area (Å²) in [5.41, 5.74) is 7.33. The van der Waals surface area contributed by atoms with Crippen molar-refractivity contribution in [1.82, 2.24) is 0 Å². The molecule has 0 amide bonds. The third kappa shape index (κ3) is 2.86. The van der Waals surface area contributed by atoms with Crippen LogP contribution >= 0.6 is 23.2 Å². The molecule has 0 heterocycles. The van der Waals surface area contributed by atoms with E-state index in [0.717, 1.165) is 12.2 Å². The fourth-order valence-electron chi connectivity index (χ4n) is 2.85. The highest BCUT2D eigenvalue weighted by Crippen LogP contribution is 2.39. The molecule has 0 atom stereocenters. The average Bonchev–Trinajstić information content (AvgIpc) is 2.34. The van der Waals surface area contributed by atoms with Crippen LogP contribution in [0, 0.1) is 0 Å². The molecule has 2 rings (SSSR count). The molecular weight excluding hydrogens is 267 g/mol. The minimum atomic E-state index is 0.558. The molecule has 0 aromatic heterocycles. The molecule has 1 aromatic rings. The first-order chi connectivity index (χ1) is 8.63. The Morgan fingerprint density at radius 1 is 1.17 bits per heavy atom. The normalized spacial score (nSPS) is 16.8. The average molecular weight is 287 g/mol. The summed E-state index contributed by atoms with van der Waals surface area (Å²) < 4.78 is 0. The quantitative estimate of drug-likeness (QED) is 0.814. The Labute approximate surface area is 119 Å². The van der Waals surface area contributed by atoms with Crippen LogP contribution in [0.2, 0.25) is 10.0 Å². The van der Waals surface area contributed by atoms with Crippen molar-refractivity contribution >= 4 is 34.6 Å². The molecule has 0 bridgehead atoms. The fourth-order valence-corrected chi connectivity index (χ4v) is 3.57. The number of nitrogen functional groups attached to an aromatic ring is 1. The van der Waals surface area contributed by atoms with Gasteiger partial charge in [-0.2, -0.15) is 0 Å². The second-order valence-electron chi connectivity index (χ2n) is 4.91. The van der Waals surface area contributed by atoms with Crippen molar-refractivity contribution in [2.24, 2.45) is 0 Å². The molecule has 0 radical (unpaired) electrons. The Bertz CT molecular complexity index is 391. The maximum atomic E-state index is 6.32. The van der Waals surface area contributed by atoms with Gasteiger partial charge in [0, 0.05) is 18.3 Å². The predicted octanol–water partition coefficient (Wildman–Crippen LogP) is 4.73. The van der Waals surface area contributed by atoms with Gasteiger partial charge in [0.15, 0.2) is 0 Å². The lowest BCUT2D eigenvalue weighted by atomic mass is 9.94. The van der Waals surface area contributed by atoms with Gasteiger partial charge in [0.05, 0.1) is 15.7 Å². The van der Waals surface area contributed by atoms with Crippen LogP contribution in [0.4, 0.5) is 11.4 Å². The molecule has 0 unspecified atom stereocenters. The highest BCUT2D eigenvalue weighted by atomic mass is 35.5. The summed E-state index contributed by atoms with van der Waals surface area (Å²) in [6.45, 7) is 3.08. The van der Waals surface area contributed by atoms with Gasteiger partial charge >= 0.3 is 0 Å². The first-order valence-corrected chi connectivity index (χ1v) is 7.40. The van der Waals surface area contributed by atoms with Crippen LogP contribution in [-0.4, -0.2) is 12.6 Å². The third-order valence-electron chi connectivity index (χ3n) is 3.68. The van der Waals surface area contributed by atoms with Crippen molar-refractivity contribution in [3.63, 3.8) is 0 Å². The summed E-state index contributed by atoms with van der Waals surface area (Å²) in [5.74, 6) is 0. The zero-order chi connectivity index (χ0) is 13.1. The standard InChI is InChI=1S/C14H20Cl2N2/c1-2-18(11-6-4-3-5-7-11)14-12(15)8-10(17)9-13(14)16/h8-9,11H,2-7,17H2,1H3. The highest BCUT2D eigenvalue weighted by molar-refractivity contribution is 6.39. The van der Waals surface area contributed by atoms with Gasteiger partial charge < -0.3 is 10.6 Å². The molecule has 0 saturated heterocycles. The molecule has 100 valence electrons. The van der Waals surface area contributed by atoms with E-state index in [1.54, 1.807) is 12.1 Å². The highest BCUT2D eigenvalue weighted by Gasteiger charge is 2.23. The molecular formula is C14H20Cl2N2. The molecule has 1 aliphatic rings. The van der Waals surface area contributed by atoms with E-state index in [4.69, 9.17) is 28.9 Å². The van der Waals surface area contributed by atoms with Crippen LogP contribution in [0.3, 0.4) is 0 Å². The summed E-state index contributed by atoms with van der Waals surface area (Å²) in [6, 6.07) is 4.13. The second kappa shape index (κ2) is 6.03. The van der Waals surface area contributed by atoms with Crippen LogP contribution in [0.15, 0.2) is 12.1 Å².